The second-order valence-corrected chi connectivity index (χ2v) is 10.6. The number of imidazole rings is 1. The lowest BCUT2D eigenvalue weighted by atomic mass is 9.79. The molecule has 1 aliphatic heterocycles. The molecular weight excluding hydrogens is 481 g/mol. The Balaban J connectivity index is 0.000000375. The van der Waals surface area contributed by atoms with Crippen LogP contribution in [0.25, 0.3) is 11.0 Å². The normalized spacial score (nSPS) is 23.6. The van der Waals surface area contributed by atoms with Crippen LogP contribution >= 0.6 is 11.9 Å². The minimum Gasteiger partial charge on any atom is -0.378 e. The summed E-state index contributed by atoms with van der Waals surface area (Å²) in [6, 6.07) is 3.37. The zero-order valence-electron chi connectivity index (χ0n) is 21.4. The molecule has 0 bridgehead atoms. The van der Waals surface area contributed by atoms with E-state index in [4.69, 9.17) is 4.74 Å². The van der Waals surface area contributed by atoms with Crippen LogP contribution in [0.3, 0.4) is 0 Å². The van der Waals surface area contributed by atoms with Gasteiger partial charge in [-0.05, 0) is 50.8 Å². The van der Waals surface area contributed by atoms with Crippen molar-refractivity contribution in [3.63, 3.8) is 0 Å². The lowest BCUT2D eigenvalue weighted by Crippen LogP contribution is -2.35. The smallest absolute Gasteiger partial charge is 0.207 e. The van der Waals surface area contributed by atoms with Crippen LogP contribution in [0.15, 0.2) is 22.9 Å². The van der Waals surface area contributed by atoms with Gasteiger partial charge in [-0.15, -0.1) is 0 Å². The van der Waals surface area contributed by atoms with Crippen molar-refractivity contribution in [1.29, 1.82) is 0 Å². The topological polar surface area (TPSA) is 96.3 Å². The molecule has 1 saturated heterocycles. The zero-order chi connectivity index (χ0) is 25.7. The second kappa shape index (κ2) is 12.2. The highest BCUT2D eigenvalue weighted by atomic mass is 32.2. The van der Waals surface area contributed by atoms with E-state index in [0.29, 0.717) is 41.6 Å². The number of nitrogens with one attached hydrogen (secondary N) is 2. The van der Waals surface area contributed by atoms with Gasteiger partial charge in [0.25, 0.3) is 0 Å². The molecule has 2 atom stereocenters. The van der Waals surface area contributed by atoms with Gasteiger partial charge in [-0.3, -0.25) is 4.79 Å². The van der Waals surface area contributed by atoms with Gasteiger partial charge in [-0.25, -0.2) is 13.7 Å². The molecule has 36 heavy (non-hydrogen) atoms. The van der Waals surface area contributed by atoms with Crippen molar-refractivity contribution in [3.8, 4) is 0 Å². The minimum atomic E-state index is -0.304. The summed E-state index contributed by atoms with van der Waals surface area (Å²) in [5.41, 5.74) is 3.69. The Morgan fingerprint density at radius 2 is 2.06 bits per heavy atom. The predicted octanol–water partition coefficient (Wildman–Crippen LogP) is 5.26. The maximum Gasteiger partial charge on any atom is 0.207 e. The van der Waals surface area contributed by atoms with Crippen molar-refractivity contribution in [2.75, 3.05) is 26.0 Å². The highest BCUT2D eigenvalue weighted by Gasteiger charge is 2.31. The molecule has 0 spiro atoms. The number of amides is 1. The monoisotopic (exact) mass is 517 g/mol. The van der Waals surface area contributed by atoms with E-state index < -0.39 is 0 Å². The maximum absolute atomic E-state index is 15.5. The number of fused-ring (bicyclic) bond motifs is 1. The van der Waals surface area contributed by atoms with Crippen molar-refractivity contribution in [1.82, 2.24) is 24.7 Å². The van der Waals surface area contributed by atoms with Gasteiger partial charge in [0, 0.05) is 17.7 Å². The molecule has 1 saturated carbocycles. The second-order valence-electron chi connectivity index (χ2n) is 9.77. The Labute approximate surface area is 215 Å². The maximum atomic E-state index is 15.5. The first-order valence-electron chi connectivity index (χ1n) is 12.6. The summed E-state index contributed by atoms with van der Waals surface area (Å²) in [6.07, 6.45) is 8.74. The number of hydrogen-bond acceptors (Lipinski definition) is 7. The molecule has 2 unspecified atom stereocenters. The molecule has 2 aromatic heterocycles. The number of aromatic nitrogens is 3. The third-order valence-electron chi connectivity index (χ3n) is 7.38. The number of carbonyl (C=O) groups is 1. The summed E-state index contributed by atoms with van der Waals surface area (Å²) in [4.78, 5) is 19.1. The van der Waals surface area contributed by atoms with Crippen LogP contribution in [0.1, 0.15) is 67.3 Å². The van der Waals surface area contributed by atoms with Crippen molar-refractivity contribution < 1.29 is 18.4 Å². The predicted molar refractivity (Wildman–Crippen MR) is 139 cm³/mol. The first-order chi connectivity index (χ1) is 17.4. The molecule has 5 rings (SSSR count). The Kier molecular flexibility index (Phi) is 9.03. The standard InChI is InChI=1S/C21H29FN4O2S.C5H7NO/c1-13-3-5-14(6-4-13)19(23-12-27)21-24-16-8-7-15(18(22)20(16)25-21)17-11-28-10-9-26(17)29-2;1-4-3-7-6-5(4)2/h7-8,12-14,17,19H,3-6,9-11H2,1-2H3,(H,23,27)(H,24,25);3H,1-2H3. The van der Waals surface area contributed by atoms with Crippen molar-refractivity contribution in [3.05, 3.63) is 46.9 Å². The van der Waals surface area contributed by atoms with Crippen LogP contribution in [-0.4, -0.2) is 51.9 Å². The average Bonchev–Trinajstić information content (AvgIpc) is 3.50. The first-order valence-corrected chi connectivity index (χ1v) is 13.7. The number of hydrogen-bond donors (Lipinski definition) is 2. The lowest BCUT2D eigenvalue weighted by molar-refractivity contribution is -0.110. The van der Waals surface area contributed by atoms with Crippen LogP contribution in [0.4, 0.5) is 4.39 Å². The molecule has 8 nitrogen and oxygen atoms in total. The molecule has 1 amide bonds. The van der Waals surface area contributed by atoms with Gasteiger partial charge in [-0.2, -0.15) is 0 Å². The molecule has 1 aromatic carbocycles. The van der Waals surface area contributed by atoms with E-state index in [1.165, 1.54) is 0 Å². The van der Waals surface area contributed by atoms with E-state index in [-0.39, 0.29) is 17.9 Å². The molecule has 2 N–H and O–H groups in total. The van der Waals surface area contributed by atoms with Gasteiger partial charge in [0.1, 0.15) is 17.6 Å². The minimum absolute atomic E-state index is 0.132. The number of nitrogens with zero attached hydrogens (tertiary/aromatic N) is 3. The van der Waals surface area contributed by atoms with Crippen molar-refractivity contribution in [2.45, 2.75) is 58.5 Å². The number of ether oxygens (including phenoxy) is 1. The highest BCUT2D eigenvalue weighted by Crippen LogP contribution is 2.37. The summed E-state index contributed by atoms with van der Waals surface area (Å²) in [5.74, 6) is 1.38. The van der Waals surface area contributed by atoms with Crippen LogP contribution < -0.4 is 5.32 Å². The van der Waals surface area contributed by atoms with E-state index in [1.54, 1.807) is 18.2 Å². The third-order valence-corrected chi connectivity index (χ3v) is 8.28. The van der Waals surface area contributed by atoms with Crippen LogP contribution in [0.2, 0.25) is 0 Å². The zero-order valence-corrected chi connectivity index (χ0v) is 22.2. The number of morpholine rings is 1. The van der Waals surface area contributed by atoms with E-state index in [0.717, 1.165) is 55.8 Å². The number of H-pyrrole nitrogens is 1. The van der Waals surface area contributed by atoms with Gasteiger partial charge >= 0.3 is 0 Å². The SMILES string of the molecule is CSN1CCOCC1c1ccc2[nH]c(C(NC=O)C3CCC(C)CC3)nc2c1F.Cc1conc1C. The molecule has 196 valence electrons. The van der Waals surface area contributed by atoms with Gasteiger partial charge in [-0.1, -0.05) is 42.9 Å². The van der Waals surface area contributed by atoms with E-state index in [2.05, 4.69) is 36.2 Å². The molecule has 2 fully saturated rings. The number of carbonyl (C=O) groups excluding carboxylic acids is 1. The van der Waals surface area contributed by atoms with Crippen LogP contribution in [0, 0.1) is 31.5 Å². The average molecular weight is 518 g/mol. The van der Waals surface area contributed by atoms with E-state index >= 15 is 4.39 Å². The van der Waals surface area contributed by atoms with Gasteiger partial charge < -0.3 is 19.6 Å². The fraction of sp³-hybridized carbons (Fsp3) is 0.577. The van der Waals surface area contributed by atoms with Crippen LogP contribution in [0.5, 0.6) is 0 Å². The first kappa shape index (κ1) is 26.6. The molecule has 3 aromatic rings. The fourth-order valence-electron chi connectivity index (χ4n) is 5.01. The summed E-state index contributed by atoms with van der Waals surface area (Å²) >= 11 is 1.61. The number of aryl methyl sites for hydroxylation is 2. The molecular formula is C26H36FN5O3S. The van der Waals surface area contributed by atoms with Gasteiger partial charge in [0.15, 0.2) is 5.82 Å². The number of rotatable bonds is 6. The summed E-state index contributed by atoms with van der Waals surface area (Å²) in [7, 11) is 0. The summed E-state index contributed by atoms with van der Waals surface area (Å²) < 4.78 is 27.8. The number of aromatic amines is 1. The Morgan fingerprint density at radius 3 is 2.67 bits per heavy atom. The Hall–Kier alpha value is -2.43. The van der Waals surface area contributed by atoms with Gasteiger partial charge in [0.2, 0.25) is 6.41 Å². The Bertz CT molecular complexity index is 1130. The molecule has 10 heteroatoms. The third kappa shape index (κ3) is 5.92. The fourth-order valence-corrected chi connectivity index (χ4v) is 5.69. The molecule has 0 radical (unpaired) electrons. The van der Waals surface area contributed by atoms with E-state index in [1.807, 2.05) is 32.2 Å². The summed E-state index contributed by atoms with van der Waals surface area (Å²) in [6.45, 7) is 8.04. The largest absolute Gasteiger partial charge is 0.378 e. The highest BCUT2D eigenvalue weighted by molar-refractivity contribution is 7.96. The summed E-state index contributed by atoms with van der Waals surface area (Å²) in [5, 5.41) is 6.57. The van der Waals surface area contributed by atoms with E-state index in [9.17, 15) is 4.79 Å². The molecule has 1 aliphatic carbocycles. The quantitative estimate of drug-likeness (QED) is 0.340. The lowest BCUT2D eigenvalue weighted by Gasteiger charge is -2.33. The van der Waals surface area contributed by atoms with Crippen molar-refractivity contribution >= 4 is 29.4 Å². The van der Waals surface area contributed by atoms with Crippen molar-refractivity contribution in [2.24, 2.45) is 11.8 Å². The number of benzene rings is 1. The number of halogens is 1. The molecule has 3 heterocycles. The van der Waals surface area contributed by atoms with Crippen LogP contribution in [-0.2, 0) is 9.53 Å². The van der Waals surface area contributed by atoms with Gasteiger partial charge in [0.05, 0.1) is 36.5 Å². The molecule has 2 aliphatic rings. The Morgan fingerprint density at radius 1 is 1.28 bits per heavy atom.